The van der Waals surface area contributed by atoms with Crippen LogP contribution in [0.15, 0.2) is 12.7 Å². The predicted octanol–water partition coefficient (Wildman–Crippen LogP) is 0.486. The Morgan fingerprint density at radius 1 is 1.53 bits per heavy atom. The maximum Gasteiger partial charge on any atom is 0.167 e. The fraction of sp³-hybridized carbons (Fsp3) is 0.545. The number of anilines is 1. The van der Waals surface area contributed by atoms with Gasteiger partial charge in [-0.05, 0) is 0 Å². The summed E-state index contributed by atoms with van der Waals surface area (Å²) in [5, 5.41) is 11.9. The fourth-order valence-electron chi connectivity index (χ4n) is 2.27. The van der Waals surface area contributed by atoms with Crippen molar-refractivity contribution in [2.24, 2.45) is 0 Å². The van der Waals surface area contributed by atoms with E-state index in [1.807, 2.05) is 0 Å². The highest BCUT2D eigenvalue weighted by Crippen LogP contribution is 2.32. The molecular formula is C11H14FN5O2. The molecule has 8 heteroatoms. The molecule has 1 saturated heterocycles. The van der Waals surface area contributed by atoms with Crippen molar-refractivity contribution in [2.75, 3.05) is 19.0 Å². The zero-order valence-corrected chi connectivity index (χ0v) is 10.3. The summed E-state index contributed by atoms with van der Waals surface area (Å²) in [4.78, 5) is 12.4. The molecule has 0 unspecified atom stereocenters. The van der Waals surface area contributed by atoms with Crippen molar-refractivity contribution in [3.8, 4) is 0 Å². The summed E-state index contributed by atoms with van der Waals surface area (Å²) in [6.45, 7) is -0.332. The molecule has 0 amide bonds. The van der Waals surface area contributed by atoms with Crippen LogP contribution in [-0.2, 0) is 4.74 Å². The van der Waals surface area contributed by atoms with Gasteiger partial charge in [0.1, 0.15) is 30.3 Å². The summed E-state index contributed by atoms with van der Waals surface area (Å²) < 4.78 is 20.7. The number of aromatic nitrogens is 4. The van der Waals surface area contributed by atoms with E-state index in [4.69, 9.17) is 9.84 Å². The Balaban J connectivity index is 1.98. The van der Waals surface area contributed by atoms with Crippen LogP contribution in [0.25, 0.3) is 11.2 Å². The molecule has 0 aromatic carbocycles. The lowest BCUT2D eigenvalue weighted by Crippen LogP contribution is -2.21. The molecule has 0 saturated carbocycles. The van der Waals surface area contributed by atoms with Crippen LogP contribution in [0.2, 0.25) is 0 Å². The highest BCUT2D eigenvalue weighted by atomic mass is 19.1. The number of fused-ring (bicyclic) bond motifs is 1. The minimum atomic E-state index is -1.18. The van der Waals surface area contributed by atoms with Crippen LogP contribution in [0.5, 0.6) is 0 Å². The van der Waals surface area contributed by atoms with Crippen LogP contribution in [-0.4, -0.2) is 50.6 Å². The van der Waals surface area contributed by atoms with Gasteiger partial charge >= 0.3 is 0 Å². The second-order valence-electron chi connectivity index (χ2n) is 4.36. The van der Waals surface area contributed by atoms with Crippen molar-refractivity contribution in [3.63, 3.8) is 0 Å². The summed E-state index contributed by atoms with van der Waals surface area (Å²) in [5.74, 6) is 0.609. The highest BCUT2D eigenvalue weighted by Gasteiger charge is 2.36. The lowest BCUT2D eigenvalue weighted by atomic mass is 10.2. The Morgan fingerprint density at radius 2 is 2.37 bits per heavy atom. The number of aliphatic hydroxyl groups excluding tert-OH is 1. The third-order valence-corrected chi connectivity index (χ3v) is 3.25. The third kappa shape index (κ3) is 1.92. The number of hydrogen-bond donors (Lipinski definition) is 2. The first kappa shape index (κ1) is 12.2. The molecule has 7 nitrogen and oxygen atoms in total. The Labute approximate surface area is 108 Å². The quantitative estimate of drug-likeness (QED) is 0.841. The van der Waals surface area contributed by atoms with E-state index in [0.717, 1.165) is 0 Å². The average Bonchev–Trinajstić information content (AvgIpc) is 3.01. The van der Waals surface area contributed by atoms with E-state index >= 15 is 0 Å². The number of aliphatic hydroxyl groups is 1. The molecule has 3 rings (SSSR count). The van der Waals surface area contributed by atoms with Crippen LogP contribution >= 0.6 is 0 Å². The van der Waals surface area contributed by atoms with E-state index in [-0.39, 0.29) is 13.0 Å². The van der Waals surface area contributed by atoms with Crippen molar-refractivity contribution in [1.29, 1.82) is 0 Å². The molecule has 1 fully saturated rings. The monoisotopic (exact) mass is 267 g/mol. The molecule has 0 radical (unpaired) electrons. The zero-order chi connectivity index (χ0) is 13.4. The van der Waals surface area contributed by atoms with Gasteiger partial charge in [-0.3, -0.25) is 4.57 Å². The van der Waals surface area contributed by atoms with Gasteiger partial charge in [0.2, 0.25) is 0 Å². The molecule has 0 aliphatic carbocycles. The standard InChI is InChI=1S/C11H14FN5O2/c1-13-10-9-11(15-4-14-10)17(5-16-9)8-2-6(12)7(3-18)19-8/h4-8,18H,2-3H2,1H3,(H,13,14,15)/t6-,7+,8+/m0/s1. The lowest BCUT2D eigenvalue weighted by Gasteiger charge is -2.13. The molecular weight excluding hydrogens is 253 g/mol. The van der Waals surface area contributed by atoms with E-state index in [1.54, 1.807) is 17.9 Å². The lowest BCUT2D eigenvalue weighted by molar-refractivity contribution is -0.0323. The number of alkyl halides is 1. The van der Waals surface area contributed by atoms with E-state index in [1.165, 1.54) is 6.33 Å². The number of hydrogen-bond acceptors (Lipinski definition) is 6. The van der Waals surface area contributed by atoms with Crippen LogP contribution in [0.4, 0.5) is 10.2 Å². The summed E-state index contributed by atoms with van der Waals surface area (Å²) >= 11 is 0. The third-order valence-electron chi connectivity index (χ3n) is 3.25. The number of ether oxygens (including phenoxy) is 1. The maximum absolute atomic E-state index is 13.6. The van der Waals surface area contributed by atoms with Crippen molar-refractivity contribution in [1.82, 2.24) is 19.5 Å². The van der Waals surface area contributed by atoms with Crippen molar-refractivity contribution < 1.29 is 14.2 Å². The van der Waals surface area contributed by atoms with Gasteiger partial charge < -0.3 is 15.2 Å². The second-order valence-corrected chi connectivity index (χ2v) is 4.36. The highest BCUT2D eigenvalue weighted by molar-refractivity contribution is 5.82. The summed E-state index contributed by atoms with van der Waals surface area (Å²) in [5.41, 5.74) is 1.19. The number of nitrogens with zero attached hydrogens (tertiary/aromatic N) is 4. The first-order valence-corrected chi connectivity index (χ1v) is 6.00. The van der Waals surface area contributed by atoms with Crippen LogP contribution < -0.4 is 5.32 Å². The van der Waals surface area contributed by atoms with Gasteiger partial charge in [0.05, 0.1) is 12.9 Å². The average molecular weight is 267 g/mol. The smallest absolute Gasteiger partial charge is 0.167 e. The number of rotatable bonds is 3. The Kier molecular flexibility index (Phi) is 3.03. The molecule has 2 N–H and O–H groups in total. The van der Waals surface area contributed by atoms with Crippen molar-refractivity contribution >= 4 is 17.0 Å². The molecule has 0 bridgehead atoms. The SMILES string of the molecule is CNc1ncnc2c1ncn2[C@H]1C[C@H](F)[C@@H](CO)O1. The first-order valence-electron chi connectivity index (χ1n) is 6.00. The summed E-state index contributed by atoms with van der Waals surface area (Å²) in [6.07, 6.45) is 0.674. The van der Waals surface area contributed by atoms with E-state index in [2.05, 4.69) is 20.3 Å². The minimum absolute atomic E-state index is 0.176. The summed E-state index contributed by atoms with van der Waals surface area (Å²) in [7, 11) is 1.74. The summed E-state index contributed by atoms with van der Waals surface area (Å²) in [6, 6.07) is 0. The second kappa shape index (κ2) is 4.71. The van der Waals surface area contributed by atoms with Crippen molar-refractivity contribution in [3.05, 3.63) is 12.7 Å². The normalized spacial score (nSPS) is 27.0. The van der Waals surface area contributed by atoms with Crippen LogP contribution in [0.1, 0.15) is 12.6 Å². The number of imidazole rings is 1. The molecule has 3 atom stereocenters. The van der Waals surface area contributed by atoms with Crippen molar-refractivity contribution in [2.45, 2.75) is 24.9 Å². The zero-order valence-electron chi connectivity index (χ0n) is 10.3. The first-order chi connectivity index (χ1) is 9.24. The Bertz CT molecular complexity index is 589. The van der Waals surface area contributed by atoms with Gasteiger partial charge in [-0.2, -0.15) is 0 Å². The Hall–Kier alpha value is -1.80. The van der Waals surface area contributed by atoms with Gasteiger partial charge in [0.15, 0.2) is 11.5 Å². The Morgan fingerprint density at radius 3 is 3.05 bits per heavy atom. The van der Waals surface area contributed by atoms with E-state index in [9.17, 15) is 4.39 Å². The largest absolute Gasteiger partial charge is 0.394 e. The molecule has 1 aliphatic rings. The predicted molar refractivity (Wildman–Crippen MR) is 65.4 cm³/mol. The fourth-order valence-corrected chi connectivity index (χ4v) is 2.27. The molecule has 2 aromatic heterocycles. The molecule has 19 heavy (non-hydrogen) atoms. The minimum Gasteiger partial charge on any atom is -0.394 e. The van der Waals surface area contributed by atoms with Gasteiger partial charge in [-0.25, -0.2) is 19.3 Å². The van der Waals surface area contributed by atoms with Crippen LogP contribution in [0, 0.1) is 0 Å². The molecule has 3 heterocycles. The van der Waals surface area contributed by atoms with Gasteiger partial charge in [-0.15, -0.1) is 0 Å². The van der Waals surface area contributed by atoms with E-state index in [0.29, 0.717) is 17.0 Å². The van der Waals surface area contributed by atoms with Gasteiger partial charge in [-0.1, -0.05) is 0 Å². The molecule has 2 aromatic rings. The van der Waals surface area contributed by atoms with Gasteiger partial charge in [0, 0.05) is 13.5 Å². The molecule has 1 aliphatic heterocycles. The maximum atomic E-state index is 13.6. The topological polar surface area (TPSA) is 85.1 Å². The van der Waals surface area contributed by atoms with E-state index < -0.39 is 18.5 Å². The van der Waals surface area contributed by atoms with Gasteiger partial charge in [0.25, 0.3) is 0 Å². The van der Waals surface area contributed by atoms with Crippen LogP contribution in [0.3, 0.4) is 0 Å². The molecule has 102 valence electrons. The number of halogens is 1. The molecule has 0 spiro atoms. The number of nitrogens with one attached hydrogen (secondary N) is 1.